The first-order valence-corrected chi connectivity index (χ1v) is 1.94. The van der Waals surface area contributed by atoms with Gasteiger partial charge in [0.05, 0.1) is 12.1 Å². The van der Waals surface area contributed by atoms with E-state index in [1.165, 1.54) is 4.79 Å². The van der Waals surface area contributed by atoms with Crippen LogP contribution in [0.4, 0.5) is 0 Å². The molecule has 1 aromatic heterocycles. The smallest absolute Gasteiger partial charge is 0.261 e. The molecule has 0 unspecified atom stereocenters. The van der Waals surface area contributed by atoms with Crippen LogP contribution in [0.15, 0.2) is 12.7 Å². The molecular formula is C3H7N4+. The Labute approximate surface area is 41.1 Å². The van der Waals surface area contributed by atoms with E-state index in [2.05, 4.69) is 5.10 Å². The minimum Gasteiger partial charge on any atom is -0.261 e. The summed E-state index contributed by atoms with van der Waals surface area (Å²) in [5.41, 5.74) is 0. The Morgan fingerprint density at radius 2 is 2.57 bits per heavy atom. The SMILES string of the molecule is C[n+]1cnn(N)c1. The summed E-state index contributed by atoms with van der Waals surface area (Å²) in [6.07, 6.45) is 3.29. The first-order valence-electron chi connectivity index (χ1n) is 1.94. The molecule has 0 atom stereocenters. The Balaban J connectivity index is 3.04. The minimum absolute atomic E-state index is 1.25. The topological polar surface area (TPSA) is 47.7 Å². The van der Waals surface area contributed by atoms with Crippen molar-refractivity contribution in [3.63, 3.8) is 0 Å². The van der Waals surface area contributed by atoms with Crippen molar-refractivity contribution in [2.45, 2.75) is 0 Å². The van der Waals surface area contributed by atoms with E-state index in [0.717, 1.165) is 0 Å². The summed E-state index contributed by atoms with van der Waals surface area (Å²) in [6, 6.07) is 0. The molecular weight excluding hydrogens is 92.1 g/mol. The highest BCUT2D eigenvalue weighted by molar-refractivity contribution is 4.38. The van der Waals surface area contributed by atoms with Crippen LogP contribution in [0.25, 0.3) is 0 Å². The third-order valence-electron chi connectivity index (χ3n) is 0.668. The Hall–Kier alpha value is -1.06. The van der Waals surface area contributed by atoms with E-state index >= 15 is 0 Å². The van der Waals surface area contributed by atoms with E-state index in [1.54, 1.807) is 17.2 Å². The summed E-state index contributed by atoms with van der Waals surface area (Å²) >= 11 is 0. The predicted molar refractivity (Wildman–Crippen MR) is 23.6 cm³/mol. The zero-order chi connectivity index (χ0) is 5.28. The quantitative estimate of drug-likeness (QED) is 0.315. The number of hydrogen-bond donors (Lipinski definition) is 1. The fourth-order valence-corrected chi connectivity index (χ4v) is 0.387. The van der Waals surface area contributed by atoms with Crippen molar-refractivity contribution >= 4 is 0 Å². The highest BCUT2D eigenvalue weighted by atomic mass is 15.5. The average Bonchev–Trinajstić information content (AvgIpc) is 1.87. The van der Waals surface area contributed by atoms with Crippen molar-refractivity contribution in [1.82, 2.24) is 9.89 Å². The number of aromatic nitrogens is 3. The molecule has 1 heterocycles. The van der Waals surface area contributed by atoms with Crippen molar-refractivity contribution in [3.8, 4) is 0 Å². The average molecular weight is 99.1 g/mol. The molecule has 0 bridgehead atoms. The maximum atomic E-state index is 5.16. The molecule has 0 saturated carbocycles. The first-order chi connectivity index (χ1) is 3.29. The van der Waals surface area contributed by atoms with E-state index in [1.807, 2.05) is 7.05 Å². The molecule has 1 aromatic rings. The van der Waals surface area contributed by atoms with Gasteiger partial charge in [-0.3, -0.25) is 5.84 Å². The van der Waals surface area contributed by atoms with Gasteiger partial charge in [0, 0.05) is 0 Å². The summed E-state index contributed by atoms with van der Waals surface area (Å²) < 4.78 is 1.76. The maximum Gasteiger partial charge on any atom is 0.267 e. The van der Waals surface area contributed by atoms with Gasteiger partial charge in [-0.15, -0.1) is 0 Å². The molecule has 7 heavy (non-hydrogen) atoms. The minimum atomic E-state index is 1.25. The molecule has 2 N–H and O–H groups in total. The van der Waals surface area contributed by atoms with Crippen molar-refractivity contribution in [2.24, 2.45) is 7.05 Å². The number of nitrogens with two attached hydrogens (primary N) is 1. The first kappa shape index (κ1) is 4.11. The standard InChI is InChI=1S/C3H7N4/c1-6-2-5-7(4)3-6/h2-3H,4H2,1H3/q+1. The van der Waals surface area contributed by atoms with Gasteiger partial charge in [0.15, 0.2) is 0 Å². The van der Waals surface area contributed by atoms with Gasteiger partial charge in [0.1, 0.15) is 0 Å². The molecule has 0 aromatic carbocycles. The fraction of sp³-hybridized carbons (Fsp3) is 0.333. The zero-order valence-electron chi connectivity index (χ0n) is 4.07. The number of aryl methyl sites for hydroxylation is 1. The van der Waals surface area contributed by atoms with Gasteiger partial charge in [-0.1, -0.05) is 0 Å². The van der Waals surface area contributed by atoms with Crippen molar-refractivity contribution in [1.29, 1.82) is 0 Å². The molecule has 1 rings (SSSR count). The van der Waals surface area contributed by atoms with Gasteiger partial charge in [-0.25, -0.2) is 4.57 Å². The zero-order valence-corrected chi connectivity index (χ0v) is 4.07. The predicted octanol–water partition coefficient (Wildman–Crippen LogP) is -1.58. The number of nitrogen functional groups attached to an aromatic ring is 1. The molecule has 0 spiro atoms. The molecule has 0 fully saturated rings. The van der Waals surface area contributed by atoms with E-state index in [4.69, 9.17) is 5.84 Å². The van der Waals surface area contributed by atoms with Crippen molar-refractivity contribution in [2.75, 3.05) is 5.84 Å². The van der Waals surface area contributed by atoms with Crippen LogP contribution in [-0.4, -0.2) is 9.89 Å². The Kier molecular flexibility index (Phi) is 0.714. The Morgan fingerprint density at radius 1 is 1.86 bits per heavy atom. The normalized spacial score (nSPS) is 9.29. The molecule has 4 heteroatoms. The second-order valence-electron chi connectivity index (χ2n) is 1.39. The van der Waals surface area contributed by atoms with E-state index in [0.29, 0.717) is 0 Å². The Bertz CT molecular complexity index is 139. The maximum absolute atomic E-state index is 5.16. The molecule has 0 aliphatic carbocycles. The summed E-state index contributed by atoms with van der Waals surface area (Å²) in [5, 5.41) is 3.67. The second kappa shape index (κ2) is 1.22. The highest BCUT2D eigenvalue weighted by Gasteiger charge is 1.91. The lowest BCUT2D eigenvalue weighted by Crippen LogP contribution is -2.24. The molecule has 0 saturated heterocycles. The molecule has 0 aliphatic rings. The van der Waals surface area contributed by atoms with Crippen LogP contribution < -0.4 is 10.4 Å². The van der Waals surface area contributed by atoms with Crippen LogP contribution >= 0.6 is 0 Å². The highest BCUT2D eigenvalue weighted by Crippen LogP contribution is 1.57. The molecule has 0 amide bonds. The summed E-state index contributed by atoms with van der Waals surface area (Å²) in [7, 11) is 1.86. The third kappa shape index (κ3) is 0.677. The largest absolute Gasteiger partial charge is 0.267 e. The lowest BCUT2D eigenvalue weighted by molar-refractivity contribution is -0.672. The van der Waals surface area contributed by atoms with Crippen LogP contribution in [0.5, 0.6) is 0 Å². The lowest BCUT2D eigenvalue weighted by atomic mass is 11.1. The van der Waals surface area contributed by atoms with Crippen molar-refractivity contribution < 1.29 is 4.57 Å². The third-order valence-corrected chi connectivity index (χ3v) is 0.668. The molecule has 0 radical (unpaired) electrons. The number of rotatable bonds is 0. The lowest BCUT2D eigenvalue weighted by Gasteiger charge is -1.70. The van der Waals surface area contributed by atoms with Gasteiger partial charge in [-0.05, 0) is 4.79 Å². The Morgan fingerprint density at radius 3 is 2.71 bits per heavy atom. The van der Waals surface area contributed by atoms with Crippen LogP contribution in [0.1, 0.15) is 0 Å². The van der Waals surface area contributed by atoms with Crippen molar-refractivity contribution in [3.05, 3.63) is 12.7 Å². The number of hydrogen-bond acceptors (Lipinski definition) is 2. The van der Waals surface area contributed by atoms with Gasteiger partial charge >= 0.3 is 0 Å². The molecule has 4 nitrogen and oxygen atoms in total. The second-order valence-corrected chi connectivity index (χ2v) is 1.39. The van der Waals surface area contributed by atoms with Crippen LogP contribution in [-0.2, 0) is 7.05 Å². The van der Waals surface area contributed by atoms with Gasteiger partial charge in [0.2, 0.25) is 6.33 Å². The van der Waals surface area contributed by atoms with E-state index < -0.39 is 0 Å². The van der Waals surface area contributed by atoms with Gasteiger partial charge in [0.25, 0.3) is 6.33 Å². The molecule has 38 valence electrons. The summed E-state index contributed by atoms with van der Waals surface area (Å²) in [5.74, 6) is 5.16. The van der Waals surface area contributed by atoms with Gasteiger partial charge < -0.3 is 0 Å². The van der Waals surface area contributed by atoms with Crippen LogP contribution in [0.2, 0.25) is 0 Å². The summed E-state index contributed by atoms with van der Waals surface area (Å²) in [6.45, 7) is 0. The summed E-state index contributed by atoms with van der Waals surface area (Å²) in [4.78, 5) is 1.25. The molecule has 0 aliphatic heterocycles. The van der Waals surface area contributed by atoms with Crippen LogP contribution in [0.3, 0.4) is 0 Å². The monoisotopic (exact) mass is 99.1 g/mol. The fourth-order valence-electron chi connectivity index (χ4n) is 0.387. The van der Waals surface area contributed by atoms with E-state index in [9.17, 15) is 0 Å². The van der Waals surface area contributed by atoms with Crippen LogP contribution in [0, 0.1) is 0 Å². The van der Waals surface area contributed by atoms with Gasteiger partial charge in [-0.2, -0.15) is 0 Å². The van der Waals surface area contributed by atoms with E-state index in [-0.39, 0.29) is 0 Å². The number of nitrogens with zero attached hydrogens (tertiary/aromatic N) is 3.